The van der Waals surface area contributed by atoms with Crippen molar-refractivity contribution in [1.29, 1.82) is 0 Å². The lowest BCUT2D eigenvalue weighted by atomic mass is 9.96. The molecule has 0 aliphatic carbocycles. The van der Waals surface area contributed by atoms with Gasteiger partial charge < -0.3 is 25.2 Å². The quantitative estimate of drug-likeness (QED) is 0.434. The van der Waals surface area contributed by atoms with Gasteiger partial charge in [-0.3, -0.25) is 0 Å². The maximum Gasteiger partial charge on any atom is 0.0858 e. The Bertz CT molecular complexity index is 154. The van der Waals surface area contributed by atoms with Crippen molar-refractivity contribution in [3.63, 3.8) is 0 Å². The average molecular weight is 222 g/mol. The van der Waals surface area contributed by atoms with E-state index in [2.05, 4.69) is 0 Å². The first-order valence-corrected chi connectivity index (χ1v) is 5.15. The van der Waals surface area contributed by atoms with Crippen LogP contribution in [0.3, 0.4) is 0 Å². The van der Waals surface area contributed by atoms with Crippen LogP contribution < -0.4 is 0 Å². The number of hydrogen-bond donors (Lipinski definition) is 4. The van der Waals surface area contributed by atoms with Crippen LogP contribution in [0.25, 0.3) is 0 Å². The maximum atomic E-state index is 9.74. The summed E-state index contributed by atoms with van der Waals surface area (Å²) in [6.45, 7) is 2.98. The predicted octanol–water partition coefficient (Wildman–Crippen LogP) is -0.732. The van der Waals surface area contributed by atoms with Crippen molar-refractivity contribution in [3.05, 3.63) is 0 Å². The van der Waals surface area contributed by atoms with Crippen LogP contribution >= 0.6 is 0 Å². The van der Waals surface area contributed by atoms with Crippen LogP contribution in [0.2, 0.25) is 0 Å². The molecule has 0 aliphatic heterocycles. The molecule has 2 unspecified atom stereocenters. The second kappa shape index (κ2) is 7.14. The van der Waals surface area contributed by atoms with Gasteiger partial charge in [0.05, 0.1) is 37.6 Å². The Labute approximate surface area is 90.3 Å². The molecule has 0 bridgehead atoms. The van der Waals surface area contributed by atoms with Gasteiger partial charge in [-0.1, -0.05) is 0 Å². The Balaban J connectivity index is 4.02. The van der Waals surface area contributed by atoms with E-state index in [1.54, 1.807) is 13.8 Å². The molecule has 0 aromatic heterocycles. The third-order valence-corrected chi connectivity index (χ3v) is 2.17. The molecule has 0 aromatic rings. The zero-order valence-electron chi connectivity index (χ0n) is 9.39. The average Bonchev–Trinajstić information content (AvgIpc) is 2.15. The lowest BCUT2D eigenvalue weighted by Gasteiger charge is -2.29. The van der Waals surface area contributed by atoms with E-state index in [4.69, 9.17) is 20.1 Å². The van der Waals surface area contributed by atoms with Gasteiger partial charge in [-0.05, 0) is 26.7 Å². The monoisotopic (exact) mass is 222 g/mol. The summed E-state index contributed by atoms with van der Waals surface area (Å²) in [6, 6.07) is 0. The lowest BCUT2D eigenvalue weighted by molar-refractivity contribution is -0.102. The van der Waals surface area contributed by atoms with Gasteiger partial charge in [0.1, 0.15) is 0 Å². The van der Waals surface area contributed by atoms with E-state index in [0.717, 1.165) is 0 Å². The summed E-state index contributed by atoms with van der Waals surface area (Å²) >= 11 is 0. The molecule has 0 aliphatic rings. The van der Waals surface area contributed by atoms with Crippen LogP contribution in [-0.4, -0.2) is 58.1 Å². The van der Waals surface area contributed by atoms with Crippen molar-refractivity contribution in [2.75, 3.05) is 19.8 Å². The molecule has 92 valence electrons. The minimum atomic E-state index is -1.02. The zero-order valence-corrected chi connectivity index (χ0v) is 9.39. The lowest BCUT2D eigenvalue weighted by Crippen LogP contribution is -2.39. The van der Waals surface area contributed by atoms with Crippen LogP contribution in [0.4, 0.5) is 0 Å². The maximum absolute atomic E-state index is 9.74. The van der Waals surface area contributed by atoms with Crippen molar-refractivity contribution in [3.8, 4) is 0 Å². The number of hydrogen-bond acceptors (Lipinski definition) is 5. The van der Waals surface area contributed by atoms with Crippen molar-refractivity contribution in [2.45, 2.75) is 44.5 Å². The fourth-order valence-corrected chi connectivity index (χ4v) is 1.27. The standard InChI is InChI=1S/C10H22O5/c1-10(2,14)9(15-6-5-11)4-3-8(13)7-12/h8-9,11-14H,3-7H2,1-2H3. The summed E-state index contributed by atoms with van der Waals surface area (Å²) in [5, 5.41) is 36.1. The highest BCUT2D eigenvalue weighted by Gasteiger charge is 2.27. The number of rotatable bonds is 8. The molecule has 2 atom stereocenters. The highest BCUT2D eigenvalue weighted by molar-refractivity contribution is 4.79. The molecular weight excluding hydrogens is 200 g/mol. The van der Waals surface area contributed by atoms with Gasteiger partial charge in [0.15, 0.2) is 0 Å². The molecule has 0 fully saturated rings. The summed E-state index contributed by atoms with van der Waals surface area (Å²) in [5.74, 6) is 0. The summed E-state index contributed by atoms with van der Waals surface area (Å²) in [7, 11) is 0. The molecule has 0 heterocycles. The largest absolute Gasteiger partial charge is 0.394 e. The van der Waals surface area contributed by atoms with E-state index in [1.807, 2.05) is 0 Å². The Morgan fingerprint density at radius 2 is 1.80 bits per heavy atom. The molecule has 5 nitrogen and oxygen atoms in total. The molecule has 0 saturated carbocycles. The van der Waals surface area contributed by atoms with E-state index >= 15 is 0 Å². The molecule has 0 radical (unpaired) electrons. The van der Waals surface area contributed by atoms with Crippen molar-refractivity contribution >= 4 is 0 Å². The first-order valence-electron chi connectivity index (χ1n) is 5.15. The third-order valence-electron chi connectivity index (χ3n) is 2.17. The van der Waals surface area contributed by atoms with E-state index < -0.39 is 17.8 Å². The predicted molar refractivity (Wildman–Crippen MR) is 55.5 cm³/mol. The highest BCUT2D eigenvalue weighted by Crippen LogP contribution is 2.18. The van der Waals surface area contributed by atoms with Crippen LogP contribution in [-0.2, 0) is 4.74 Å². The second-order valence-electron chi connectivity index (χ2n) is 4.15. The van der Waals surface area contributed by atoms with Gasteiger partial charge in [0, 0.05) is 0 Å². The summed E-state index contributed by atoms with van der Waals surface area (Å²) in [6.07, 6.45) is -0.444. The van der Waals surface area contributed by atoms with E-state index in [0.29, 0.717) is 12.8 Å². The topological polar surface area (TPSA) is 90.2 Å². The van der Waals surface area contributed by atoms with Gasteiger partial charge in [-0.2, -0.15) is 0 Å². The summed E-state index contributed by atoms with van der Waals surface area (Å²) < 4.78 is 5.26. The summed E-state index contributed by atoms with van der Waals surface area (Å²) in [4.78, 5) is 0. The van der Waals surface area contributed by atoms with Gasteiger partial charge in [0.25, 0.3) is 0 Å². The Hall–Kier alpha value is -0.200. The van der Waals surface area contributed by atoms with E-state index in [-0.39, 0.29) is 19.8 Å². The Morgan fingerprint density at radius 1 is 1.20 bits per heavy atom. The number of aliphatic hydroxyl groups is 4. The van der Waals surface area contributed by atoms with Crippen LogP contribution in [0.15, 0.2) is 0 Å². The van der Waals surface area contributed by atoms with Crippen LogP contribution in [0, 0.1) is 0 Å². The van der Waals surface area contributed by atoms with Gasteiger partial charge in [-0.25, -0.2) is 0 Å². The van der Waals surface area contributed by atoms with Crippen molar-refractivity contribution in [1.82, 2.24) is 0 Å². The fourth-order valence-electron chi connectivity index (χ4n) is 1.27. The molecule has 4 N–H and O–H groups in total. The Kier molecular flexibility index (Phi) is 7.04. The first-order chi connectivity index (χ1) is 6.91. The van der Waals surface area contributed by atoms with Gasteiger partial charge in [0.2, 0.25) is 0 Å². The van der Waals surface area contributed by atoms with E-state index in [9.17, 15) is 5.11 Å². The fraction of sp³-hybridized carbons (Fsp3) is 1.00. The minimum Gasteiger partial charge on any atom is -0.394 e. The SMILES string of the molecule is CC(C)(O)C(CCC(O)CO)OCCO. The third kappa shape index (κ3) is 6.81. The molecule has 5 heteroatoms. The molecule has 0 amide bonds. The first kappa shape index (κ1) is 14.8. The van der Waals surface area contributed by atoms with Crippen molar-refractivity contribution < 1.29 is 25.2 Å². The van der Waals surface area contributed by atoms with E-state index in [1.165, 1.54) is 0 Å². The van der Waals surface area contributed by atoms with Crippen LogP contribution in [0.5, 0.6) is 0 Å². The number of aliphatic hydroxyl groups excluding tert-OH is 3. The highest BCUT2D eigenvalue weighted by atomic mass is 16.5. The Morgan fingerprint density at radius 3 is 2.20 bits per heavy atom. The molecule has 15 heavy (non-hydrogen) atoms. The molecular formula is C10H22O5. The normalized spacial score (nSPS) is 16.4. The minimum absolute atomic E-state index is 0.102. The smallest absolute Gasteiger partial charge is 0.0858 e. The van der Waals surface area contributed by atoms with Gasteiger partial charge >= 0.3 is 0 Å². The molecule has 0 aromatic carbocycles. The number of ether oxygens (including phenoxy) is 1. The molecule has 0 rings (SSSR count). The van der Waals surface area contributed by atoms with Crippen molar-refractivity contribution in [2.24, 2.45) is 0 Å². The molecule has 0 spiro atoms. The molecule has 0 saturated heterocycles. The second-order valence-corrected chi connectivity index (χ2v) is 4.15. The van der Waals surface area contributed by atoms with Crippen LogP contribution in [0.1, 0.15) is 26.7 Å². The summed E-state index contributed by atoms with van der Waals surface area (Å²) in [5.41, 5.74) is -1.02. The zero-order chi connectivity index (χ0) is 11.9. The van der Waals surface area contributed by atoms with Gasteiger partial charge in [-0.15, -0.1) is 0 Å².